The van der Waals surface area contributed by atoms with Gasteiger partial charge >= 0.3 is 5.97 Å². The lowest BCUT2D eigenvalue weighted by Gasteiger charge is -2.26. The molecule has 1 unspecified atom stereocenters. The van der Waals surface area contributed by atoms with E-state index in [1.54, 1.807) is 25.1 Å². The highest BCUT2D eigenvalue weighted by Gasteiger charge is 2.28. The third-order valence-electron chi connectivity index (χ3n) is 2.30. The number of fused-ring (bicyclic) bond motifs is 1. The van der Waals surface area contributed by atoms with E-state index >= 15 is 0 Å². The standard InChI is InChI=1S/C11H11ClN2O3/c1-2-9(15)17-11-10(16)13-7-4-3-6(12)5-8(7)14-11/h3-5,11,14H,2H2,1H3,(H,13,16). The second-order valence-corrected chi connectivity index (χ2v) is 3.98. The van der Waals surface area contributed by atoms with Crippen molar-refractivity contribution in [2.75, 3.05) is 10.6 Å². The molecular formula is C11H11ClN2O3. The molecule has 0 saturated carbocycles. The molecule has 1 aromatic carbocycles. The maximum Gasteiger partial charge on any atom is 0.307 e. The van der Waals surface area contributed by atoms with Crippen molar-refractivity contribution in [3.8, 4) is 0 Å². The minimum Gasteiger partial charge on any atom is -0.432 e. The topological polar surface area (TPSA) is 67.4 Å². The minimum atomic E-state index is -1.01. The van der Waals surface area contributed by atoms with Crippen molar-refractivity contribution in [1.82, 2.24) is 0 Å². The molecule has 1 aliphatic rings. The molecule has 1 atom stereocenters. The van der Waals surface area contributed by atoms with E-state index in [1.165, 1.54) is 0 Å². The van der Waals surface area contributed by atoms with Gasteiger partial charge in [0.2, 0.25) is 0 Å². The van der Waals surface area contributed by atoms with Gasteiger partial charge in [-0.05, 0) is 18.2 Å². The third-order valence-corrected chi connectivity index (χ3v) is 2.54. The van der Waals surface area contributed by atoms with E-state index in [0.29, 0.717) is 16.4 Å². The molecule has 90 valence electrons. The number of esters is 1. The first-order valence-corrected chi connectivity index (χ1v) is 5.54. The monoisotopic (exact) mass is 254 g/mol. The van der Waals surface area contributed by atoms with Gasteiger partial charge in [0.25, 0.3) is 12.1 Å². The van der Waals surface area contributed by atoms with E-state index in [2.05, 4.69) is 10.6 Å². The normalized spacial score (nSPS) is 17.8. The number of ether oxygens (including phenoxy) is 1. The first kappa shape index (κ1) is 11.7. The molecule has 0 bridgehead atoms. The van der Waals surface area contributed by atoms with Crippen LogP contribution in [-0.2, 0) is 14.3 Å². The maximum absolute atomic E-state index is 11.6. The summed E-state index contributed by atoms with van der Waals surface area (Å²) in [6.45, 7) is 1.66. The molecule has 6 heteroatoms. The summed E-state index contributed by atoms with van der Waals surface area (Å²) in [5, 5.41) is 5.98. The Morgan fingerprint density at radius 3 is 2.94 bits per heavy atom. The van der Waals surface area contributed by atoms with Gasteiger partial charge < -0.3 is 15.4 Å². The average molecular weight is 255 g/mol. The molecule has 1 aromatic rings. The van der Waals surface area contributed by atoms with Crippen molar-refractivity contribution in [1.29, 1.82) is 0 Å². The molecule has 0 spiro atoms. The van der Waals surface area contributed by atoms with Crippen LogP contribution < -0.4 is 10.6 Å². The van der Waals surface area contributed by atoms with Crippen molar-refractivity contribution < 1.29 is 14.3 Å². The Bertz CT molecular complexity index is 476. The zero-order valence-electron chi connectivity index (χ0n) is 9.12. The van der Waals surface area contributed by atoms with Gasteiger partial charge in [-0.3, -0.25) is 9.59 Å². The second-order valence-electron chi connectivity index (χ2n) is 3.55. The molecule has 0 aromatic heterocycles. The Kier molecular flexibility index (Phi) is 3.19. The number of rotatable bonds is 2. The third kappa shape index (κ3) is 2.50. The Labute approximate surface area is 103 Å². The van der Waals surface area contributed by atoms with Crippen LogP contribution in [0.5, 0.6) is 0 Å². The smallest absolute Gasteiger partial charge is 0.307 e. The van der Waals surface area contributed by atoms with Crippen LogP contribution in [0, 0.1) is 0 Å². The summed E-state index contributed by atoms with van der Waals surface area (Å²) in [5.74, 6) is -0.843. The molecular weight excluding hydrogens is 244 g/mol. The van der Waals surface area contributed by atoms with E-state index < -0.39 is 18.1 Å². The first-order chi connectivity index (χ1) is 8.10. The van der Waals surface area contributed by atoms with Crippen LogP contribution in [0.2, 0.25) is 5.02 Å². The number of benzene rings is 1. The quantitative estimate of drug-likeness (QED) is 0.792. The van der Waals surface area contributed by atoms with Gasteiger partial charge in [0.15, 0.2) is 0 Å². The molecule has 0 saturated heterocycles. The number of carbonyl (C=O) groups excluding carboxylic acids is 2. The molecule has 1 amide bonds. The van der Waals surface area contributed by atoms with Gasteiger partial charge in [-0.15, -0.1) is 0 Å². The summed E-state index contributed by atoms with van der Waals surface area (Å²) in [7, 11) is 0. The Morgan fingerprint density at radius 2 is 2.24 bits per heavy atom. The van der Waals surface area contributed by atoms with Crippen molar-refractivity contribution in [2.45, 2.75) is 19.6 Å². The van der Waals surface area contributed by atoms with E-state index in [-0.39, 0.29) is 6.42 Å². The number of amides is 1. The number of hydrogen-bond donors (Lipinski definition) is 2. The fourth-order valence-corrected chi connectivity index (χ4v) is 1.62. The molecule has 5 nitrogen and oxygen atoms in total. The highest BCUT2D eigenvalue weighted by atomic mass is 35.5. The van der Waals surface area contributed by atoms with Crippen LogP contribution in [0.4, 0.5) is 11.4 Å². The molecule has 1 heterocycles. The van der Waals surface area contributed by atoms with Crippen molar-refractivity contribution in [3.05, 3.63) is 23.2 Å². The van der Waals surface area contributed by atoms with Crippen LogP contribution in [0.3, 0.4) is 0 Å². The van der Waals surface area contributed by atoms with Crippen LogP contribution >= 0.6 is 11.6 Å². The summed E-state index contributed by atoms with van der Waals surface area (Å²) >= 11 is 5.83. The number of nitrogens with one attached hydrogen (secondary N) is 2. The highest BCUT2D eigenvalue weighted by Crippen LogP contribution is 2.29. The van der Waals surface area contributed by atoms with Crippen LogP contribution in [0.1, 0.15) is 13.3 Å². The van der Waals surface area contributed by atoms with Gasteiger partial charge in [-0.2, -0.15) is 0 Å². The van der Waals surface area contributed by atoms with Gasteiger partial charge in [0, 0.05) is 11.4 Å². The summed E-state index contributed by atoms with van der Waals surface area (Å²) < 4.78 is 4.94. The lowest BCUT2D eigenvalue weighted by atomic mass is 10.2. The lowest BCUT2D eigenvalue weighted by Crippen LogP contribution is -2.42. The van der Waals surface area contributed by atoms with Gasteiger partial charge in [-0.1, -0.05) is 18.5 Å². The van der Waals surface area contributed by atoms with E-state index in [9.17, 15) is 9.59 Å². The largest absolute Gasteiger partial charge is 0.432 e. The summed E-state index contributed by atoms with van der Waals surface area (Å²) in [6.07, 6.45) is -0.790. The Hall–Kier alpha value is -1.75. The van der Waals surface area contributed by atoms with Gasteiger partial charge in [0.05, 0.1) is 11.4 Å². The maximum atomic E-state index is 11.6. The molecule has 0 fully saturated rings. The Morgan fingerprint density at radius 1 is 1.47 bits per heavy atom. The van der Waals surface area contributed by atoms with Crippen molar-refractivity contribution in [3.63, 3.8) is 0 Å². The van der Waals surface area contributed by atoms with Gasteiger partial charge in [-0.25, -0.2) is 0 Å². The number of carbonyl (C=O) groups is 2. The van der Waals surface area contributed by atoms with E-state index in [1.807, 2.05) is 0 Å². The summed E-state index contributed by atoms with van der Waals surface area (Å²) in [6, 6.07) is 5.00. The number of anilines is 2. The zero-order valence-corrected chi connectivity index (χ0v) is 9.88. The zero-order chi connectivity index (χ0) is 12.4. The molecule has 2 N–H and O–H groups in total. The Balaban J connectivity index is 2.19. The fourth-order valence-electron chi connectivity index (χ4n) is 1.45. The van der Waals surface area contributed by atoms with Crippen LogP contribution in [-0.4, -0.2) is 18.1 Å². The SMILES string of the molecule is CCC(=O)OC1Nc2cc(Cl)ccc2NC1=O. The fraction of sp³-hybridized carbons (Fsp3) is 0.273. The molecule has 0 aliphatic carbocycles. The minimum absolute atomic E-state index is 0.216. The molecule has 1 aliphatic heterocycles. The molecule has 2 rings (SSSR count). The van der Waals surface area contributed by atoms with Crippen molar-refractivity contribution in [2.24, 2.45) is 0 Å². The van der Waals surface area contributed by atoms with Crippen LogP contribution in [0.25, 0.3) is 0 Å². The highest BCUT2D eigenvalue weighted by molar-refractivity contribution is 6.31. The van der Waals surface area contributed by atoms with Crippen LogP contribution in [0.15, 0.2) is 18.2 Å². The predicted molar refractivity (Wildman–Crippen MR) is 63.9 cm³/mol. The van der Waals surface area contributed by atoms with Crippen molar-refractivity contribution >= 4 is 34.9 Å². The number of hydrogen-bond acceptors (Lipinski definition) is 4. The van der Waals surface area contributed by atoms with E-state index in [4.69, 9.17) is 16.3 Å². The molecule has 17 heavy (non-hydrogen) atoms. The van der Waals surface area contributed by atoms with Gasteiger partial charge in [0.1, 0.15) is 0 Å². The summed E-state index contributed by atoms with van der Waals surface area (Å²) in [4.78, 5) is 22.7. The lowest BCUT2D eigenvalue weighted by molar-refractivity contribution is -0.152. The van der Waals surface area contributed by atoms with E-state index in [0.717, 1.165) is 0 Å². The second kappa shape index (κ2) is 4.63. The number of halogens is 1. The summed E-state index contributed by atoms with van der Waals surface area (Å²) in [5.41, 5.74) is 1.24. The molecule has 0 radical (unpaired) electrons. The average Bonchev–Trinajstić information content (AvgIpc) is 2.30. The predicted octanol–water partition coefficient (Wildman–Crippen LogP) is 1.98. The first-order valence-electron chi connectivity index (χ1n) is 5.16.